The van der Waals surface area contributed by atoms with Crippen LogP contribution in [-0.2, 0) is 23.0 Å². The van der Waals surface area contributed by atoms with E-state index in [9.17, 15) is 18.0 Å². The van der Waals surface area contributed by atoms with E-state index in [4.69, 9.17) is 0 Å². The molecule has 0 saturated carbocycles. The lowest BCUT2D eigenvalue weighted by atomic mass is 10.1. The maximum absolute atomic E-state index is 12.7. The van der Waals surface area contributed by atoms with E-state index < -0.39 is 21.8 Å². The number of carbonyl (C=O) groups is 2. The van der Waals surface area contributed by atoms with Crippen LogP contribution in [-0.4, -0.2) is 53.9 Å². The molecule has 0 unspecified atom stereocenters. The fourth-order valence-electron chi connectivity index (χ4n) is 4.13. The maximum atomic E-state index is 12.7. The smallest absolute Gasteiger partial charge is 0.261 e. The summed E-state index contributed by atoms with van der Waals surface area (Å²) in [6, 6.07) is 12.0. The first-order chi connectivity index (χ1) is 15.4. The van der Waals surface area contributed by atoms with Crippen molar-refractivity contribution in [1.29, 1.82) is 0 Å². The molecule has 3 aromatic rings. The van der Waals surface area contributed by atoms with Crippen molar-refractivity contribution in [3.8, 4) is 0 Å². The number of hydrogen-bond acceptors (Lipinski definition) is 6. The average Bonchev–Trinajstić information content (AvgIpc) is 3.48. The van der Waals surface area contributed by atoms with Crippen LogP contribution in [0.4, 0.5) is 11.4 Å². The molecule has 10 heteroatoms. The topological polar surface area (TPSA) is 115 Å². The number of aromatic amines is 1. The summed E-state index contributed by atoms with van der Waals surface area (Å²) in [7, 11) is -3.77. The van der Waals surface area contributed by atoms with Crippen LogP contribution in [0.25, 0.3) is 0 Å². The molecular formula is C22H21N5O4S. The summed E-state index contributed by atoms with van der Waals surface area (Å²) >= 11 is 0. The van der Waals surface area contributed by atoms with E-state index in [0.29, 0.717) is 23.4 Å². The summed E-state index contributed by atoms with van der Waals surface area (Å²) in [6.07, 6.45) is 4.35. The van der Waals surface area contributed by atoms with Gasteiger partial charge in [-0.1, -0.05) is 18.2 Å². The zero-order chi connectivity index (χ0) is 22.3. The molecule has 2 N–H and O–H groups in total. The molecule has 9 nitrogen and oxygen atoms in total. The van der Waals surface area contributed by atoms with E-state index >= 15 is 0 Å². The molecule has 0 bridgehead atoms. The van der Waals surface area contributed by atoms with Gasteiger partial charge in [-0.05, 0) is 36.2 Å². The molecule has 2 amide bonds. The number of nitrogens with one attached hydrogen (secondary N) is 2. The van der Waals surface area contributed by atoms with Crippen molar-refractivity contribution >= 4 is 33.2 Å². The number of H-pyrrole nitrogens is 1. The lowest BCUT2D eigenvalue weighted by molar-refractivity contribution is 0.0664. The van der Waals surface area contributed by atoms with Gasteiger partial charge in [-0.15, -0.1) is 0 Å². The van der Waals surface area contributed by atoms with Crippen LogP contribution in [0, 0.1) is 0 Å². The maximum Gasteiger partial charge on any atom is 0.261 e. The summed E-state index contributed by atoms with van der Waals surface area (Å²) < 4.78 is 28.0. The molecule has 3 heterocycles. The number of hydrogen-bond donors (Lipinski definition) is 2. The van der Waals surface area contributed by atoms with Gasteiger partial charge in [0.1, 0.15) is 0 Å². The number of imidazole rings is 1. The van der Waals surface area contributed by atoms with Gasteiger partial charge in [0.2, 0.25) is 10.0 Å². The van der Waals surface area contributed by atoms with Gasteiger partial charge >= 0.3 is 0 Å². The van der Waals surface area contributed by atoms with Crippen LogP contribution >= 0.6 is 0 Å². The van der Waals surface area contributed by atoms with Gasteiger partial charge in [0.05, 0.1) is 41.1 Å². The molecule has 0 radical (unpaired) electrons. The predicted molar refractivity (Wildman–Crippen MR) is 119 cm³/mol. The molecule has 32 heavy (non-hydrogen) atoms. The zero-order valence-electron chi connectivity index (χ0n) is 17.1. The second-order valence-electron chi connectivity index (χ2n) is 7.80. The standard InChI is InChI=1S/C22H21N5O4S/c28-21-18-3-1-2-4-19(18)22(29)27(21)9-10-32(30,31)25-16-6-5-15-7-8-26(20(15)11-16)13-17-12-23-14-24-17/h1-6,11-12,14,25H,7-10,13H2,(H,23,24). The normalized spacial score (nSPS) is 15.2. The van der Waals surface area contributed by atoms with E-state index in [1.165, 1.54) is 0 Å². The minimum absolute atomic E-state index is 0.210. The van der Waals surface area contributed by atoms with Crippen LogP contribution in [0.3, 0.4) is 0 Å². The summed E-state index contributed by atoms with van der Waals surface area (Å²) in [5.41, 5.74) is 4.07. The number of anilines is 2. The first-order valence-electron chi connectivity index (χ1n) is 10.2. The third-order valence-corrected chi connectivity index (χ3v) is 6.99. The number of imide groups is 1. The second-order valence-corrected chi connectivity index (χ2v) is 9.65. The Morgan fingerprint density at radius 2 is 1.81 bits per heavy atom. The largest absolute Gasteiger partial charge is 0.365 e. The van der Waals surface area contributed by atoms with E-state index in [1.54, 1.807) is 36.7 Å². The molecule has 2 aromatic carbocycles. The number of amides is 2. The number of sulfonamides is 1. The van der Waals surface area contributed by atoms with Crippen LogP contribution in [0.5, 0.6) is 0 Å². The molecule has 0 saturated heterocycles. The second kappa shape index (κ2) is 7.79. The molecule has 2 aliphatic rings. The lowest BCUT2D eigenvalue weighted by Crippen LogP contribution is -2.35. The fourth-order valence-corrected chi connectivity index (χ4v) is 5.14. The Morgan fingerprint density at radius 1 is 1.06 bits per heavy atom. The van der Waals surface area contributed by atoms with Gasteiger partial charge in [-0.2, -0.15) is 0 Å². The summed E-state index contributed by atoms with van der Waals surface area (Å²) in [6.45, 7) is 1.25. The Balaban J connectivity index is 1.26. The monoisotopic (exact) mass is 451 g/mol. The van der Waals surface area contributed by atoms with Gasteiger partial charge in [0, 0.05) is 25.0 Å². The highest BCUT2D eigenvalue weighted by Gasteiger charge is 2.35. The Hall–Kier alpha value is -3.66. The highest BCUT2D eigenvalue weighted by Crippen LogP contribution is 2.32. The van der Waals surface area contributed by atoms with Gasteiger partial charge in [0.25, 0.3) is 11.8 Å². The highest BCUT2D eigenvalue weighted by atomic mass is 32.2. The van der Waals surface area contributed by atoms with Crippen LogP contribution in [0.1, 0.15) is 32.0 Å². The molecule has 0 aliphatic carbocycles. The van der Waals surface area contributed by atoms with Gasteiger partial charge in [0.15, 0.2) is 0 Å². The molecule has 5 rings (SSSR count). The first kappa shape index (κ1) is 20.3. The Bertz CT molecular complexity index is 1270. The van der Waals surface area contributed by atoms with Crippen molar-refractivity contribution in [2.45, 2.75) is 13.0 Å². The Morgan fingerprint density at radius 3 is 2.50 bits per heavy atom. The molecule has 0 fully saturated rings. The van der Waals surface area contributed by atoms with Crippen molar-refractivity contribution < 1.29 is 18.0 Å². The number of rotatable bonds is 7. The van der Waals surface area contributed by atoms with Gasteiger partial charge < -0.3 is 9.88 Å². The number of benzene rings is 2. The SMILES string of the molecule is O=C1c2ccccc2C(=O)N1CCS(=O)(=O)Nc1ccc2c(c1)N(Cc1c[nH]cn1)CC2. The van der Waals surface area contributed by atoms with E-state index in [-0.39, 0.29) is 12.3 Å². The van der Waals surface area contributed by atoms with Crippen molar-refractivity contribution in [2.24, 2.45) is 0 Å². The quantitative estimate of drug-likeness (QED) is 0.531. The summed E-state index contributed by atoms with van der Waals surface area (Å²) in [5, 5.41) is 0. The molecule has 1 aromatic heterocycles. The Kier molecular flexibility index (Phi) is 4.93. The van der Waals surface area contributed by atoms with E-state index in [2.05, 4.69) is 19.6 Å². The van der Waals surface area contributed by atoms with Gasteiger partial charge in [-0.25, -0.2) is 13.4 Å². The van der Waals surface area contributed by atoms with E-state index in [0.717, 1.165) is 34.8 Å². The number of carbonyl (C=O) groups excluding carboxylic acids is 2. The predicted octanol–water partition coefficient (Wildman–Crippen LogP) is 2.01. The van der Waals surface area contributed by atoms with Crippen LogP contribution < -0.4 is 9.62 Å². The van der Waals surface area contributed by atoms with Crippen molar-refractivity contribution in [3.63, 3.8) is 0 Å². The number of aromatic nitrogens is 2. The minimum Gasteiger partial charge on any atom is -0.365 e. The molecular weight excluding hydrogens is 430 g/mol. The van der Waals surface area contributed by atoms with Crippen molar-refractivity contribution in [2.75, 3.05) is 28.5 Å². The lowest BCUT2D eigenvalue weighted by Gasteiger charge is -2.19. The average molecular weight is 452 g/mol. The zero-order valence-corrected chi connectivity index (χ0v) is 17.9. The minimum atomic E-state index is -3.77. The third kappa shape index (κ3) is 3.73. The third-order valence-electron chi connectivity index (χ3n) is 5.72. The van der Waals surface area contributed by atoms with E-state index in [1.807, 2.05) is 18.3 Å². The molecule has 0 spiro atoms. The first-order valence-corrected chi connectivity index (χ1v) is 11.9. The summed E-state index contributed by atoms with van der Waals surface area (Å²) in [5.74, 6) is -1.31. The highest BCUT2D eigenvalue weighted by molar-refractivity contribution is 7.92. The van der Waals surface area contributed by atoms with Crippen LogP contribution in [0.15, 0.2) is 55.0 Å². The number of fused-ring (bicyclic) bond motifs is 2. The van der Waals surface area contributed by atoms with Crippen molar-refractivity contribution in [1.82, 2.24) is 14.9 Å². The van der Waals surface area contributed by atoms with Crippen LogP contribution in [0.2, 0.25) is 0 Å². The fraction of sp³-hybridized carbons (Fsp3) is 0.227. The van der Waals surface area contributed by atoms with Crippen molar-refractivity contribution in [3.05, 3.63) is 77.4 Å². The molecule has 0 atom stereocenters. The molecule has 2 aliphatic heterocycles. The Labute approximate surface area is 185 Å². The number of nitrogens with zero attached hydrogens (tertiary/aromatic N) is 3. The summed E-state index contributed by atoms with van der Waals surface area (Å²) in [4.78, 5) is 35.2. The molecule has 164 valence electrons. The van der Waals surface area contributed by atoms with Gasteiger partial charge in [-0.3, -0.25) is 19.2 Å².